The smallest absolute Gasteiger partial charge is 0.341 e. The van der Waals surface area contributed by atoms with E-state index in [0.29, 0.717) is 38.3 Å². The number of esters is 1. The van der Waals surface area contributed by atoms with Crippen molar-refractivity contribution in [3.8, 4) is 11.3 Å². The lowest BCUT2D eigenvalue weighted by Gasteiger charge is -2.33. The number of nitrogens with zero attached hydrogens (tertiary/aromatic N) is 1. The minimum atomic E-state index is -0.414. The third-order valence-corrected chi connectivity index (χ3v) is 8.97. The van der Waals surface area contributed by atoms with Gasteiger partial charge in [-0.25, -0.2) is 9.78 Å². The van der Waals surface area contributed by atoms with E-state index in [-0.39, 0.29) is 11.3 Å². The van der Waals surface area contributed by atoms with Crippen LogP contribution in [0.25, 0.3) is 22.2 Å². The van der Waals surface area contributed by atoms with Gasteiger partial charge in [-0.05, 0) is 66.8 Å². The molecule has 1 N–H and O–H groups in total. The van der Waals surface area contributed by atoms with Gasteiger partial charge in [-0.1, -0.05) is 62.7 Å². The van der Waals surface area contributed by atoms with Crippen molar-refractivity contribution < 1.29 is 14.3 Å². The minimum Gasteiger partial charge on any atom is -0.465 e. The van der Waals surface area contributed by atoms with Gasteiger partial charge in [-0.3, -0.25) is 4.79 Å². The van der Waals surface area contributed by atoms with Gasteiger partial charge >= 0.3 is 5.97 Å². The Morgan fingerprint density at radius 1 is 1.11 bits per heavy atom. The molecule has 2 aromatic carbocycles. The zero-order valence-corrected chi connectivity index (χ0v) is 23.8. The average Bonchev–Trinajstić information content (AvgIpc) is 3.24. The Morgan fingerprint density at radius 2 is 1.87 bits per heavy atom. The first-order valence-electron chi connectivity index (χ1n) is 12.8. The van der Waals surface area contributed by atoms with Gasteiger partial charge in [0.05, 0.1) is 29.4 Å². The second kappa shape index (κ2) is 10.2. The molecule has 1 aliphatic rings. The van der Waals surface area contributed by atoms with E-state index < -0.39 is 5.97 Å². The van der Waals surface area contributed by atoms with Crippen LogP contribution in [-0.4, -0.2) is 24.0 Å². The Balaban J connectivity index is 1.60. The van der Waals surface area contributed by atoms with Gasteiger partial charge < -0.3 is 10.1 Å². The highest BCUT2D eigenvalue weighted by Crippen LogP contribution is 2.45. The number of rotatable bonds is 4. The van der Waals surface area contributed by atoms with Crippen molar-refractivity contribution in [3.63, 3.8) is 0 Å². The number of carbonyl (C=O) groups excluding carboxylic acids is 2. The third-order valence-electron chi connectivity index (χ3n) is 7.57. The first-order valence-corrected chi connectivity index (χ1v) is 14.0. The zero-order valence-electron chi connectivity index (χ0n) is 22.3. The molecule has 38 heavy (non-hydrogen) atoms. The molecule has 7 heteroatoms. The Hall–Kier alpha value is -3.22. The highest BCUT2D eigenvalue weighted by atomic mass is 35.5. The number of para-hydroxylation sites is 1. The first kappa shape index (κ1) is 26.4. The second-order valence-corrected chi connectivity index (χ2v) is 12.5. The Kier molecular flexibility index (Phi) is 7.05. The van der Waals surface area contributed by atoms with Gasteiger partial charge in [0.15, 0.2) is 0 Å². The minimum absolute atomic E-state index is 0.167. The van der Waals surface area contributed by atoms with Crippen LogP contribution in [0.2, 0.25) is 5.02 Å². The van der Waals surface area contributed by atoms with Crippen molar-refractivity contribution in [3.05, 3.63) is 80.7 Å². The van der Waals surface area contributed by atoms with E-state index in [1.165, 1.54) is 18.4 Å². The van der Waals surface area contributed by atoms with Gasteiger partial charge in [0.2, 0.25) is 0 Å². The van der Waals surface area contributed by atoms with Crippen LogP contribution in [0.3, 0.4) is 0 Å². The van der Waals surface area contributed by atoms with Gasteiger partial charge in [0.25, 0.3) is 5.91 Å². The molecule has 1 atom stereocenters. The molecule has 5 nitrogen and oxygen atoms in total. The van der Waals surface area contributed by atoms with Gasteiger partial charge in [-0.2, -0.15) is 0 Å². The van der Waals surface area contributed by atoms with E-state index >= 15 is 0 Å². The quantitative estimate of drug-likeness (QED) is 0.262. The Labute approximate surface area is 232 Å². The number of pyridine rings is 1. The number of nitrogens with one attached hydrogen (secondary N) is 1. The first-order chi connectivity index (χ1) is 18.1. The molecule has 0 saturated carbocycles. The summed E-state index contributed by atoms with van der Waals surface area (Å²) in [6.45, 7) is 8.68. The summed E-state index contributed by atoms with van der Waals surface area (Å²) in [5.74, 6) is -0.183. The molecule has 0 aliphatic heterocycles. The molecule has 0 spiro atoms. The lowest BCUT2D eigenvalue weighted by molar-refractivity contribution is 0.0600. The van der Waals surface area contributed by atoms with E-state index in [0.717, 1.165) is 46.2 Å². The highest BCUT2D eigenvalue weighted by molar-refractivity contribution is 7.17. The Bertz CT molecular complexity index is 1570. The van der Waals surface area contributed by atoms with Crippen molar-refractivity contribution in [1.82, 2.24) is 4.98 Å². The number of anilines is 1. The lowest BCUT2D eigenvalue weighted by atomic mass is 9.72. The van der Waals surface area contributed by atoms with Crippen molar-refractivity contribution in [1.29, 1.82) is 0 Å². The summed E-state index contributed by atoms with van der Waals surface area (Å²) in [7, 11) is 1.39. The molecular weight excluding hydrogens is 516 g/mol. The molecule has 2 aromatic heterocycles. The molecule has 0 fully saturated rings. The number of hydrogen-bond donors (Lipinski definition) is 1. The number of carbonyl (C=O) groups is 2. The van der Waals surface area contributed by atoms with Gasteiger partial charge in [-0.15, -0.1) is 11.3 Å². The number of hydrogen-bond acceptors (Lipinski definition) is 5. The molecule has 196 valence electrons. The van der Waals surface area contributed by atoms with E-state index in [9.17, 15) is 9.59 Å². The van der Waals surface area contributed by atoms with Crippen LogP contribution in [-0.2, 0) is 17.6 Å². The number of methoxy groups -OCH3 is 1. The maximum absolute atomic E-state index is 14.0. The van der Waals surface area contributed by atoms with E-state index in [2.05, 4.69) is 26.1 Å². The molecular formula is C31H31ClN2O3S. The monoisotopic (exact) mass is 546 g/mol. The van der Waals surface area contributed by atoms with Crippen molar-refractivity contribution in [2.24, 2.45) is 11.3 Å². The fraction of sp³-hybridized carbons (Fsp3) is 0.323. The average molecular weight is 547 g/mol. The maximum atomic E-state index is 14.0. The summed E-state index contributed by atoms with van der Waals surface area (Å²) in [6.07, 6.45) is 2.69. The number of aromatic nitrogens is 1. The Morgan fingerprint density at radius 3 is 2.58 bits per heavy atom. The van der Waals surface area contributed by atoms with Gasteiger partial charge in [0.1, 0.15) is 5.00 Å². The summed E-state index contributed by atoms with van der Waals surface area (Å²) in [5, 5.41) is 5.00. The standard InChI is InChI=1S/C31H31ClN2O3S/c1-17-25(21-11-6-7-12-23(21)33-27(17)18-9-8-10-20(32)15-18)28(35)34-29-26(30(36)37-5)22-14-13-19(31(2,3)4)16-24(22)38-29/h6-12,15,19H,13-14,16H2,1-5H3,(H,34,35)/t19-/m1/s1. The molecule has 0 saturated heterocycles. The van der Waals surface area contributed by atoms with E-state index in [4.69, 9.17) is 21.3 Å². The predicted octanol–water partition coefficient (Wildman–Crippen LogP) is 8.12. The number of benzene rings is 2. The summed E-state index contributed by atoms with van der Waals surface area (Å²) >= 11 is 7.77. The number of ether oxygens (including phenoxy) is 1. The van der Waals surface area contributed by atoms with E-state index in [1.807, 2.05) is 55.5 Å². The zero-order chi connectivity index (χ0) is 27.2. The van der Waals surface area contributed by atoms with Crippen LogP contribution < -0.4 is 5.32 Å². The number of halogens is 1. The van der Waals surface area contributed by atoms with E-state index in [1.54, 1.807) is 0 Å². The van der Waals surface area contributed by atoms with Crippen molar-refractivity contribution >= 4 is 50.7 Å². The molecule has 5 rings (SSSR count). The SMILES string of the molecule is COC(=O)c1c(NC(=O)c2c(C)c(-c3cccc(Cl)c3)nc3ccccc23)sc2c1CC[C@@H](C(C)(C)C)C2. The number of thiophene rings is 1. The predicted molar refractivity (Wildman–Crippen MR) is 156 cm³/mol. The van der Waals surface area contributed by atoms with Crippen LogP contribution in [0.4, 0.5) is 5.00 Å². The van der Waals surface area contributed by atoms with Crippen molar-refractivity contribution in [2.75, 3.05) is 12.4 Å². The fourth-order valence-corrected chi connectivity index (χ4v) is 6.91. The van der Waals surface area contributed by atoms with Crippen LogP contribution in [0.15, 0.2) is 48.5 Å². The topological polar surface area (TPSA) is 68.3 Å². The van der Waals surface area contributed by atoms with Crippen LogP contribution in [0, 0.1) is 18.3 Å². The summed E-state index contributed by atoms with van der Waals surface area (Å²) in [5.41, 5.74) is 5.18. The normalized spacial score (nSPS) is 15.3. The molecule has 1 amide bonds. The number of amides is 1. The summed E-state index contributed by atoms with van der Waals surface area (Å²) in [4.78, 5) is 32.9. The van der Waals surface area contributed by atoms with Crippen LogP contribution in [0.1, 0.15) is 63.9 Å². The van der Waals surface area contributed by atoms with Crippen LogP contribution >= 0.6 is 22.9 Å². The largest absolute Gasteiger partial charge is 0.465 e. The third kappa shape index (κ3) is 4.83. The fourth-order valence-electron chi connectivity index (χ4n) is 5.41. The summed E-state index contributed by atoms with van der Waals surface area (Å²) in [6, 6.07) is 15.1. The van der Waals surface area contributed by atoms with Crippen LogP contribution in [0.5, 0.6) is 0 Å². The second-order valence-electron chi connectivity index (χ2n) is 10.9. The lowest BCUT2D eigenvalue weighted by Crippen LogP contribution is -2.26. The molecule has 1 aliphatic carbocycles. The molecule has 0 radical (unpaired) electrons. The maximum Gasteiger partial charge on any atom is 0.341 e. The highest BCUT2D eigenvalue weighted by Gasteiger charge is 2.34. The number of fused-ring (bicyclic) bond motifs is 2. The summed E-state index contributed by atoms with van der Waals surface area (Å²) < 4.78 is 5.16. The van der Waals surface area contributed by atoms with Crippen molar-refractivity contribution in [2.45, 2.75) is 47.0 Å². The molecule has 0 unspecified atom stereocenters. The van der Waals surface area contributed by atoms with Gasteiger partial charge in [0, 0.05) is 20.8 Å². The molecule has 4 aromatic rings. The molecule has 0 bridgehead atoms. The molecule has 2 heterocycles.